The molecule has 0 aromatic carbocycles. The highest BCUT2D eigenvalue weighted by molar-refractivity contribution is 5.80. The zero-order chi connectivity index (χ0) is 10.0. The molecule has 1 unspecified atom stereocenters. The van der Waals surface area contributed by atoms with Gasteiger partial charge < -0.3 is 10.1 Å². The number of nitrogens with one attached hydrogen (secondary N) is 1. The molecule has 1 aliphatic carbocycles. The fourth-order valence-electron chi connectivity index (χ4n) is 1.87. The zero-order valence-electron chi connectivity index (χ0n) is 8.84. The first-order chi connectivity index (χ1) is 6.71. The SMILES string of the molecule is CC1(C(=O)OCC2CC2)CCCCN1. The van der Waals surface area contributed by atoms with E-state index in [-0.39, 0.29) is 5.97 Å². The minimum Gasteiger partial charge on any atom is -0.464 e. The largest absolute Gasteiger partial charge is 0.464 e. The molecule has 1 atom stereocenters. The van der Waals surface area contributed by atoms with Crippen molar-refractivity contribution in [2.45, 2.75) is 44.6 Å². The number of carbonyl (C=O) groups excluding carboxylic acids is 1. The molecule has 0 aromatic rings. The molecule has 0 aromatic heterocycles. The van der Waals surface area contributed by atoms with Crippen molar-refractivity contribution in [2.24, 2.45) is 5.92 Å². The molecule has 2 rings (SSSR count). The van der Waals surface area contributed by atoms with Crippen molar-refractivity contribution in [2.75, 3.05) is 13.2 Å². The van der Waals surface area contributed by atoms with Crippen LogP contribution in [0.5, 0.6) is 0 Å². The van der Waals surface area contributed by atoms with Gasteiger partial charge in [0, 0.05) is 0 Å². The average Bonchev–Trinajstić information content (AvgIpc) is 2.99. The highest BCUT2D eigenvalue weighted by atomic mass is 16.5. The summed E-state index contributed by atoms with van der Waals surface area (Å²) in [4.78, 5) is 11.8. The maximum Gasteiger partial charge on any atom is 0.326 e. The van der Waals surface area contributed by atoms with Crippen LogP contribution in [0.4, 0.5) is 0 Å². The lowest BCUT2D eigenvalue weighted by molar-refractivity contribution is -0.152. The number of hydrogen-bond donors (Lipinski definition) is 1. The first kappa shape index (κ1) is 9.97. The average molecular weight is 197 g/mol. The fraction of sp³-hybridized carbons (Fsp3) is 0.909. The Morgan fingerprint density at radius 2 is 2.29 bits per heavy atom. The van der Waals surface area contributed by atoms with E-state index in [0.29, 0.717) is 12.5 Å². The van der Waals surface area contributed by atoms with Gasteiger partial charge >= 0.3 is 5.97 Å². The van der Waals surface area contributed by atoms with E-state index in [1.807, 2.05) is 6.92 Å². The van der Waals surface area contributed by atoms with Gasteiger partial charge in [-0.2, -0.15) is 0 Å². The maximum atomic E-state index is 11.8. The van der Waals surface area contributed by atoms with E-state index in [0.717, 1.165) is 19.4 Å². The molecule has 14 heavy (non-hydrogen) atoms. The van der Waals surface area contributed by atoms with Crippen molar-refractivity contribution in [1.82, 2.24) is 5.32 Å². The molecule has 2 fully saturated rings. The lowest BCUT2D eigenvalue weighted by Gasteiger charge is -2.32. The quantitative estimate of drug-likeness (QED) is 0.696. The van der Waals surface area contributed by atoms with Crippen LogP contribution in [-0.4, -0.2) is 24.7 Å². The molecule has 0 radical (unpaired) electrons. The van der Waals surface area contributed by atoms with Crippen LogP contribution in [0, 0.1) is 5.92 Å². The second kappa shape index (κ2) is 3.89. The summed E-state index contributed by atoms with van der Waals surface area (Å²) < 4.78 is 5.31. The molecule has 0 amide bonds. The van der Waals surface area contributed by atoms with E-state index in [1.165, 1.54) is 19.3 Å². The van der Waals surface area contributed by atoms with Crippen molar-refractivity contribution in [3.05, 3.63) is 0 Å². The van der Waals surface area contributed by atoms with Gasteiger partial charge in [-0.25, -0.2) is 0 Å². The summed E-state index contributed by atoms with van der Waals surface area (Å²) in [6.07, 6.45) is 5.68. The Kier molecular flexibility index (Phi) is 2.77. The van der Waals surface area contributed by atoms with E-state index in [2.05, 4.69) is 5.32 Å². The third-order valence-corrected chi connectivity index (χ3v) is 3.22. The van der Waals surface area contributed by atoms with E-state index in [9.17, 15) is 4.79 Å². The first-order valence-electron chi connectivity index (χ1n) is 5.63. The van der Waals surface area contributed by atoms with Gasteiger partial charge in [0.15, 0.2) is 0 Å². The van der Waals surface area contributed by atoms with Gasteiger partial charge in [-0.1, -0.05) is 0 Å². The summed E-state index contributed by atoms with van der Waals surface area (Å²) in [6, 6.07) is 0. The van der Waals surface area contributed by atoms with E-state index < -0.39 is 5.54 Å². The monoisotopic (exact) mass is 197 g/mol. The molecule has 80 valence electrons. The predicted molar refractivity (Wildman–Crippen MR) is 53.9 cm³/mol. The predicted octanol–water partition coefficient (Wildman–Crippen LogP) is 1.47. The molecule has 1 saturated heterocycles. The van der Waals surface area contributed by atoms with Gasteiger partial charge in [0.05, 0.1) is 6.61 Å². The lowest BCUT2D eigenvalue weighted by atomic mass is 9.91. The first-order valence-corrected chi connectivity index (χ1v) is 5.63. The number of hydrogen-bond acceptors (Lipinski definition) is 3. The summed E-state index contributed by atoms with van der Waals surface area (Å²) in [5.74, 6) is 0.607. The van der Waals surface area contributed by atoms with Gasteiger partial charge in [-0.15, -0.1) is 0 Å². The minimum atomic E-state index is -0.410. The van der Waals surface area contributed by atoms with E-state index in [4.69, 9.17) is 4.74 Å². The number of carbonyl (C=O) groups is 1. The van der Waals surface area contributed by atoms with Crippen molar-refractivity contribution < 1.29 is 9.53 Å². The molecule has 3 nitrogen and oxygen atoms in total. The fourth-order valence-corrected chi connectivity index (χ4v) is 1.87. The summed E-state index contributed by atoms with van der Waals surface area (Å²) in [5, 5.41) is 3.26. The molecule has 1 saturated carbocycles. The minimum absolute atomic E-state index is 0.0518. The van der Waals surface area contributed by atoms with Crippen LogP contribution in [0.2, 0.25) is 0 Å². The van der Waals surface area contributed by atoms with Gasteiger partial charge in [-0.3, -0.25) is 4.79 Å². The topological polar surface area (TPSA) is 38.3 Å². The Bertz CT molecular complexity index is 217. The number of rotatable bonds is 3. The van der Waals surface area contributed by atoms with Gasteiger partial charge in [-0.05, 0) is 51.5 Å². The molecule has 2 aliphatic rings. The Labute approximate surface area is 85.2 Å². The lowest BCUT2D eigenvalue weighted by Crippen LogP contribution is -2.53. The van der Waals surface area contributed by atoms with Crippen LogP contribution >= 0.6 is 0 Å². The number of piperidine rings is 1. The van der Waals surface area contributed by atoms with Gasteiger partial charge in [0.25, 0.3) is 0 Å². The molecular formula is C11H19NO2. The van der Waals surface area contributed by atoms with E-state index in [1.54, 1.807) is 0 Å². The Hall–Kier alpha value is -0.570. The van der Waals surface area contributed by atoms with Crippen LogP contribution in [-0.2, 0) is 9.53 Å². The van der Waals surface area contributed by atoms with Crippen LogP contribution in [0.15, 0.2) is 0 Å². The highest BCUT2D eigenvalue weighted by Gasteiger charge is 2.36. The second-order valence-corrected chi connectivity index (χ2v) is 4.76. The maximum absolute atomic E-state index is 11.8. The Balaban J connectivity index is 1.80. The van der Waals surface area contributed by atoms with Crippen LogP contribution in [0.1, 0.15) is 39.0 Å². The number of esters is 1. The van der Waals surface area contributed by atoms with Crippen molar-refractivity contribution in [3.63, 3.8) is 0 Å². The summed E-state index contributed by atoms with van der Waals surface area (Å²) in [6.45, 7) is 3.53. The van der Waals surface area contributed by atoms with Crippen LogP contribution < -0.4 is 5.32 Å². The van der Waals surface area contributed by atoms with Gasteiger partial charge in [0.2, 0.25) is 0 Å². The van der Waals surface area contributed by atoms with Crippen molar-refractivity contribution in [3.8, 4) is 0 Å². The molecule has 1 heterocycles. The van der Waals surface area contributed by atoms with Crippen molar-refractivity contribution >= 4 is 5.97 Å². The van der Waals surface area contributed by atoms with E-state index >= 15 is 0 Å². The zero-order valence-corrected chi connectivity index (χ0v) is 8.84. The van der Waals surface area contributed by atoms with Crippen LogP contribution in [0.25, 0.3) is 0 Å². The third-order valence-electron chi connectivity index (χ3n) is 3.22. The molecule has 3 heteroatoms. The molecule has 1 aliphatic heterocycles. The number of ether oxygens (including phenoxy) is 1. The molecule has 0 spiro atoms. The normalized spacial score (nSPS) is 32.6. The van der Waals surface area contributed by atoms with Crippen LogP contribution in [0.3, 0.4) is 0 Å². The highest BCUT2D eigenvalue weighted by Crippen LogP contribution is 2.29. The molecular weight excluding hydrogens is 178 g/mol. The second-order valence-electron chi connectivity index (χ2n) is 4.76. The third kappa shape index (κ3) is 2.27. The van der Waals surface area contributed by atoms with Crippen molar-refractivity contribution in [1.29, 1.82) is 0 Å². The standard InChI is InChI=1S/C11H19NO2/c1-11(6-2-3-7-12-11)10(13)14-8-9-4-5-9/h9,12H,2-8H2,1H3. The summed E-state index contributed by atoms with van der Waals surface area (Å²) in [5.41, 5.74) is -0.410. The Morgan fingerprint density at radius 1 is 1.50 bits per heavy atom. The molecule has 0 bridgehead atoms. The van der Waals surface area contributed by atoms with Gasteiger partial charge in [0.1, 0.15) is 5.54 Å². The molecule has 1 N–H and O–H groups in total. The Morgan fingerprint density at radius 3 is 2.86 bits per heavy atom. The smallest absolute Gasteiger partial charge is 0.326 e. The summed E-state index contributed by atoms with van der Waals surface area (Å²) in [7, 11) is 0. The summed E-state index contributed by atoms with van der Waals surface area (Å²) >= 11 is 0.